The first-order chi connectivity index (χ1) is 15.1. The number of carbonyl (C=O) groups excluding carboxylic acids is 1. The molecule has 1 aromatic carbocycles. The average Bonchev–Trinajstić information content (AvgIpc) is 3.31. The summed E-state index contributed by atoms with van der Waals surface area (Å²) in [7, 11) is 1.97. The van der Waals surface area contributed by atoms with E-state index < -0.39 is 12.0 Å². The third kappa shape index (κ3) is 4.19. The van der Waals surface area contributed by atoms with Crippen LogP contribution in [0.15, 0.2) is 16.7 Å². The third-order valence-corrected chi connectivity index (χ3v) is 6.55. The molecule has 1 atom stereocenters. The number of primary amides is 1. The lowest BCUT2D eigenvalue weighted by Crippen LogP contribution is -2.28. The van der Waals surface area contributed by atoms with Crippen molar-refractivity contribution in [3.05, 3.63) is 40.1 Å². The molecule has 8 heteroatoms. The third-order valence-electron chi connectivity index (χ3n) is 6.55. The molecular formula is C24H31N5O3. The second kappa shape index (κ2) is 8.16. The molecule has 2 heterocycles. The second-order valence-corrected chi connectivity index (χ2v) is 9.71. The van der Waals surface area contributed by atoms with Crippen LogP contribution >= 0.6 is 0 Å². The number of rotatable bonds is 6. The number of fused-ring (bicyclic) bond motifs is 1. The van der Waals surface area contributed by atoms with Crippen LogP contribution in [-0.2, 0) is 31.1 Å². The fraction of sp³-hybridized carbons (Fsp3) is 0.500. The van der Waals surface area contributed by atoms with Gasteiger partial charge in [-0.2, -0.15) is 10.1 Å². The van der Waals surface area contributed by atoms with E-state index in [9.17, 15) is 9.90 Å². The number of nitrogens with zero attached hydrogens (tertiary/aromatic N) is 4. The van der Waals surface area contributed by atoms with Crippen LogP contribution in [0, 0.1) is 19.3 Å². The van der Waals surface area contributed by atoms with Gasteiger partial charge >= 0.3 is 0 Å². The summed E-state index contributed by atoms with van der Waals surface area (Å²) in [5, 5.41) is 18.6. The number of benzene rings is 1. The Morgan fingerprint density at radius 3 is 2.66 bits per heavy atom. The predicted octanol–water partition coefficient (Wildman–Crippen LogP) is 3.05. The number of nitrogens with two attached hydrogens (primary N) is 1. The highest BCUT2D eigenvalue weighted by Crippen LogP contribution is 2.38. The van der Waals surface area contributed by atoms with Crippen molar-refractivity contribution in [3.8, 4) is 23.0 Å². The van der Waals surface area contributed by atoms with E-state index in [0.717, 1.165) is 47.2 Å². The number of carbonyl (C=O) groups is 1. The lowest BCUT2D eigenvalue weighted by Gasteiger charge is -2.29. The van der Waals surface area contributed by atoms with Gasteiger partial charge in [-0.05, 0) is 80.2 Å². The van der Waals surface area contributed by atoms with E-state index in [-0.39, 0.29) is 5.41 Å². The van der Waals surface area contributed by atoms with Gasteiger partial charge in [0.15, 0.2) is 5.69 Å². The first-order valence-electron chi connectivity index (χ1n) is 11.0. The summed E-state index contributed by atoms with van der Waals surface area (Å²) in [5.41, 5.74) is 12.7. The van der Waals surface area contributed by atoms with Crippen LogP contribution < -0.4 is 5.73 Å². The Hall–Kier alpha value is -3.00. The summed E-state index contributed by atoms with van der Waals surface area (Å²) >= 11 is 0. The fourth-order valence-corrected chi connectivity index (χ4v) is 4.64. The maximum atomic E-state index is 11.1. The van der Waals surface area contributed by atoms with Crippen molar-refractivity contribution in [2.75, 3.05) is 0 Å². The number of amides is 1. The van der Waals surface area contributed by atoms with Crippen molar-refractivity contribution in [3.63, 3.8) is 0 Å². The van der Waals surface area contributed by atoms with Crippen molar-refractivity contribution in [1.29, 1.82) is 0 Å². The fourth-order valence-electron chi connectivity index (χ4n) is 4.64. The van der Waals surface area contributed by atoms with E-state index in [4.69, 9.17) is 15.4 Å². The van der Waals surface area contributed by atoms with Crippen LogP contribution in [0.3, 0.4) is 0 Å². The van der Waals surface area contributed by atoms with Crippen LogP contribution in [0.25, 0.3) is 23.0 Å². The van der Waals surface area contributed by atoms with Crippen LogP contribution in [0.2, 0.25) is 0 Å². The topological polar surface area (TPSA) is 120 Å². The smallest absolute Gasteiger partial charge is 0.279 e. The summed E-state index contributed by atoms with van der Waals surface area (Å²) in [6.07, 6.45) is 2.76. The monoisotopic (exact) mass is 437 g/mol. The van der Waals surface area contributed by atoms with E-state index >= 15 is 0 Å². The summed E-state index contributed by atoms with van der Waals surface area (Å²) in [4.78, 5) is 15.8. The van der Waals surface area contributed by atoms with Crippen molar-refractivity contribution in [2.24, 2.45) is 18.2 Å². The average molecular weight is 438 g/mol. The molecule has 8 nitrogen and oxygen atoms in total. The Morgan fingerprint density at radius 1 is 1.31 bits per heavy atom. The molecule has 170 valence electrons. The second-order valence-electron chi connectivity index (χ2n) is 9.71. The zero-order chi connectivity index (χ0) is 23.2. The Balaban J connectivity index is 1.61. The summed E-state index contributed by atoms with van der Waals surface area (Å²) in [6, 6.07) is 4.01. The van der Waals surface area contributed by atoms with Crippen LogP contribution in [0.5, 0.6) is 0 Å². The van der Waals surface area contributed by atoms with Gasteiger partial charge in [0.05, 0.1) is 0 Å². The van der Waals surface area contributed by atoms with Gasteiger partial charge in [0.25, 0.3) is 5.89 Å². The Labute approximate surface area is 187 Å². The van der Waals surface area contributed by atoms with E-state index in [1.54, 1.807) is 0 Å². The van der Waals surface area contributed by atoms with E-state index in [0.29, 0.717) is 24.6 Å². The maximum absolute atomic E-state index is 11.1. The molecule has 0 aliphatic heterocycles. The van der Waals surface area contributed by atoms with Crippen molar-refractivity contribution in [1.82, 2.24) is 19.9 Å². The molecule has 0 bridgehead atoms. The molecule has 0 saturated carbocycles. The van der Waals surface area contributed by atoms with Crippen LogP contribution in [-0.4, -0.2) is 37.0 Å². The van der Waals surface area contributed by atoms with Crippen LogP contribution in [0.1, 0.15) is 54.6 Å². The molecule has 1 aliphatic rings. The summed E-state index contributed by atoms with van der Waals surface area (Å²) in [5.74, 6) is 0.266. The minimum atomic E-state index is -1.14. The van der Waals surface area contributed by atoms with Gasteiger partial charge in [0.2, 0.25) is 11.7 Å². The van der Waals surface area contributed by atoms with Gasteiger partial charge in [0.1, 0.15) is 6.10 Å². The maximum Gasteiger partial charge on any atom is 0.279 e. The number of aryl methyl sites for hydroxylation is 3. The number of hydrogen-bond donors (Lipinski definition) is 2. The van der Waals surface area contributed by atoms with E-state index in [1.807, 2.05) is 37.7 Å². The minimum Gasteiger partial charge on any atom is -0.383 e. The highest BCUT2D eigenvalue weighted by Gasteiger charge is 2.32. The molecule has 2 aromatic heterocycles. The van der Waals surface area contributed by atoms with E-state index in [1.165, 1.54) is 11.3 Å². The molecule has 3 aromatic rings. The van der Waals surface area contributed by atoms with Crippen molar-refractivity contribution in [2.45, 2.75) is 65.9 Å². The molecule has 3 N–H and O–H groups in total. The highest BCUT2D eigenvalue weighted by atomic mass is 16.5. The quantitative estimate of drug-likeness (QED) is 0.611. The molecule has 0 spiro atoms. The molecule has 4 rings (SSSR count). The normalized spacial score (nSPS) is 16.1. The molecule has 1 aliphatic carbocycles. The van der Waals surface area contributed by atoms with Gasteiger partial charge in [-0.3, -0.25) is 9.48 Å². The standard InChI is InChI=1S/C24H31N5O3/c1-13-10-15(11-14(2)16(13)6-7-19(30)21(25)31)22-26-23(32-28-22)20-17-8-9-24(3,4)12-18(17)29(5)27-20/h10-11,19,30H,6-9,12H2,1-5H3,(H2,25,31). The SMILES string of the molecule is Cc1cc(-c2noc(-c3nn(C)c4c3CCC(C)(C)C4)n2)cc(C)c1CCC(O)C(N)=O. The van der Waals surface area contributed by atoms with Crippen molar-refractivity contribution < 1.29 is 14.4 Å². The molecule has 0 radical (unpaired) electrons. The van der Waals surface area contributed by atoms with Gasteiger partial charge in [-0.1, -0.05) is 19.0 Å². The number of aliphatic hydroxyl groups excluding tert-OH is 1. The largest absolute Gasteiger partial charge is 0.383 e. The number of aromatic nitrogens is 4. The number of hydrogen-bond acceptors (Lipinski definition) is 6. The lowest BCUT2D eigenvalue weighted by atomic mass is 9.76. The first-order valence-corrected chi connectivity index (χ1v) is 11.0. The molecule has 0 fully saturated rings. The Kier molecular flexibility index (Phi) is 5.67. The van der Waals surface area contributed by atoms with Crippen LogP contribution in [0.4, 0.5) is 0 Å². The molecule has 0 saturated heterocycles. The zero-order valence-corrected chi connectivity index (χ0v) is 19.4. The van der Waals surface area contributed by atoms with Gasteiger partial charge in [-0.25, -0.2) is 0 Å². The highest BCUT2D eigenvalue weighted by molar-refractivity contribution is 5.78. The first kappa shape index (κ1) is 22.2. The van der Waals surface area contributed by atoms with Gasteiger partial charge in [-0.15, -0.1) is 0 Å². The minimum absolute atomic E-state index is 0.266. The lowest BCUT2D eigenvalue weighted by molar-refractivity contribution is -0.126. The predicted molar refractivity (Wildman–Crippen MR) is 121 cm³/mol. The Morgan fingerprint density at radius 2 is 2.00 bits per heavy atom. The zero-order valence-electron chi connectivity index (χ0n) is 19.4. The van der Waals surface area contributed by atoms with Gasteiger partial charge in [0, 0.05) is 23.9 Å². The summed E-state index contributed by atoms with van der Waals surface area (Å²) in [6.45, 7) is 8.58. The molecule has 1 amide bonds. The van der Waals surface area contributed by atoms with Crippen molar-refractivity contribution >= 4 is 5.91 Å². The Bertz CT molecular complexity index is 1150. The number of aliphatic hydroxyl groups is 1. The van der Waals surface area contributed by atoms with E-state index in [2.05, 4.69) is 24.0 Å². The molecular weight excluding hydrogens is 406 g/mol. The molecule has 1 unspecified atom stereocenters. The molecule has 32 heavy (non-hydrogen) atoms. The summed E-state index contributed by atoms with van der Waals surface area (Å²) < 4.78 is 7.57. The van der Waals surface area contributed by atoms with Gasteiger partial charge < -0.3 is 15.4 Å².